The molecule has 1 aliphatic carbocycles. The van der Waals surface area contributed by atoms with Crippen LogP contribution in [0.2, 0.25) is 0 Å². The molecule has 2 heterocycles. The summed E-state index contributed by atoms with van der Waals surface area (Å²) >= 11 is 0. The van der Waals surface area contributed by atoms with Gasteiger partial charge in [0.2, 0.25) is 0 Å². The average Bonchev–Trinajstić information content (AvgIpc) is 2.94. The molecule has 1 saturated carbocycles. The molecule has 118 valence electrons. The van der Waals surface area contributed by atoms with Gasteiger partial charge in [0.15, 0.2) is 0 Å². The van der Waals surface area contributed by atoms with Crippen molar-refractivity contribution in [1.82, 2.24) is 15.1 Å². The fraction of sp³-hybridized carbons (Fsp3) is 0.867. The molecule has 3 unspecified atom stereocenters. The molecule has 3 fully saturated rings. The Hall–Kier alpha value is -1.30. The number of urea groups is 1. The van der Waals surface area contributed by atoms with Gasteiger partial charge in [-0.3, -0.25) is 4.79 Å². The van der Waals surface area contributed by atoms with Gasteiger partial charge < -0.3 is 20.2 Å². The zero-order chi connectivity index (χ0) is 15.2. The molecule has 2 saturated heterocycles. The number of carboxylic acid groups (broad SMARTS) is 1. The summed E-state index contributed by atoms with van der Waals surface area (Å²) in [5.74, 6) is -1.13. The van der Waals surface area contributed by atoms with Crippen LogP contribution < -0.4 is 5.32 Å². The van der Waals surface area contributed by atoms with E-state index in [9.17, 15) is 14.7 Å². The highest BCUT2D eigenvalue weighted by Crippen LogP contribution is 2.42. The molecule has 0 aromatic heterocycles. The molecule has 6 heteroatoms. The zero-order valence-electron chi connectivity index (χ0n) is 12.8. The van der Waals surface area contributed by atoms with Crippen LogP contribution >= 0.6 is 0 Å². The van der Waals surface area contributed by atoms with Gasteiger partial charge in [-0.15, -0.1) is 0 Å². The number of hydrogen-bond acceptors (Lipinski definition) is 3. The average molecular weight is 295 g/mol. The van der Waals surface area contributed by atoms with Crippen molar-refractivity contribution in [2.75, 3.05) is 20.6 Å². The lowest BCUT2D eigenvalue weighted by molar-refractivity contribution is -0.142. The molecule has 0 radical (unpaired) electrons. The monoisotopic (exact) mass is 295 g/mol. The maximum Gasteiger partial charge on any atom is 0.317 e. The van der Waals surface area contributed by atoms with Gasteiger partial charge in [0, 0.05) is 24.2 Å². The maximum atomic E-state index is 12.5. The van der Waals surface area contributed by atoms with E-state index in [0.29, 0.717) is 13.0 Å². The first kappa shape index (κ1) is 14.6. The molecule has 2 N–H and O–H groups in total. The van der Waals surface area contributed by atoms with E-state index in [1.807, 2.05) is 0 Å². The molecule has 0 aromatic rings. The summed E-state index contributed by atoms with van der Waals surface area (Å²) < 4.78 is 0. The third-order valence-electron chi connectivity index (χ3n) is 5.89. The summed E-state index contributed by atoms with van der Waals surface area (Å²) in [6.45, 7) is 0.659. The summed E-state index contributed by atoms with van der Waals surface area (Å²) in [5.41, 5.74) is 0.0978. The van der Waals surface area contributed by atoms with Crippen molar-refractivity contribution in [3.05, 3.63) is 0 Å². The topological polar surface area (TPSA) is 72.9 Å². The SMILES string of the molecule is CN(C)C1(CNC(=O)N2C3CCC2C(C(=O)O)C3)CCC1. The first-order valence-electron chi connectivity index (χ1n) is 7.91. The quantitative estimate of drug-likeness (QED) is 0.815. The summed E-state index contributed by atoms with van der Waals surface area (Å²) in [4.78, 5) is 27.8. The number of likely N-dealkylation sites (N-methyl/N-ethyl adjacent to an activating group) is 1. The van der Waals surface area contributed by atoms with Crippen LogP contribution in [0, 0.1) is 5.92 Å². The van der Waals surface area contributed by atoms with Crippen LogP contribution in [-0.2, 0) is 4.79 Å². The highest BCUT2D eigenvalue weighted by molar-refractivity contribution is 5.79. The Morgan fingerprint density at radius 3 is 2.52 bits per heavy atom. The van der Waals surface area contributed by atoms with Gasteiger partial charge >= 0.3 is 12.0 Å². The molecule has 3 aliphatic rings. The number of nitrogens with one attached hydrogen (secondary N) is 1. The lowest BCUT2D eigenvalue weighted by Gasteiger charge is -2.47. The predicted molar refractivity (Wildman–Crippen MR) is 78.1 cm³/mol. The fourth-order valence-corrected chi connectivity index (χ4v) is 4.27. The van der Waals surface area contributed by atoms with E-state index in [2.05, 4.69) is 24.3 Å². The Labute approximate surface area is 125 Å². The van der Waals surface area contributed by atoms with Gasteiger partial charge in [0.1, 0.15) is 0 Å². The summed E-state index contributed by atoms with van der Waals surface area (Å²) in [6, 6.07) is -0.0589. The normalized spacial score (nSPS) is 33.1. The molecule has 3 atom stereocenters. The smallest absolute Gasteiger partial charge is 0.317 e. The molecule has 2 aliphatic heterocycles. The second-order valence-corrected chi connectivity index (χ2v) is 7.02. The lowest BCUT2D eigenvalue weighted by Crippen LogP contribution is -2.59. The molecule has 21 heavy (non-hydrogen) atoms. The van der Waals surface area contributed by atoms with Gasteiger partial charge in [-0.25, -0.2) is 4.79 Å². The third-order valence-corrected chi connectivity index (χ3v) is 5.89. The van der Waals surface area contributed by atoms with E-state index in [1.54, 1.807) is 4.90 Å². The van der Waals surface area contributed by atoms with Gasteiger partial charge in [0.05, 0.1) is 5.92 Å². The molecular weight excluding hydrogens is 270 g/mol. The van der Waals surface area contributed by atoms with Crippen LogP contribution in [0.3, 0.4) is 0 Å². The van der Waals surface area contributed by atoms with Crippen LogP contribution in [0.15, 0.2) is 0 Å². The standard InChI is InChI=1S/C15H25N3O3/c1-17(2)15(6-3-7-15)9-16-14(21)18-10-4-5-12(18)11(8-10)13(19)20/h10-12H,3-9H2,1-2H3,(H,16,21)(H,19,20). The molecular formula is C15H25N3O3. The van der Waals surface area contributed by atoms with Gasteiger partial charge in [-0.1, -0.05) is 0 Å². The summed E-state index contributed by atoms with van der Waals surface area (Å²) in [6.07, 6.45) is 5.83. The Balaban J connectivity index is 1.60. The Bertz CT molecular complexity index is 447. The van der Waals surface area contributed by atoms with E-state index in [0.717, 1.165) is 25.7 Å². The van der Waals surface area contributed by atoms with Crippen molar-refractivity contribution in [2.45, 2.75) is 56.1 Å². The number of carbonyl (C=O) groups excluding carboxylic acids is 1. The lowest BCUT2D eigenvalue weighted by atomic mass is 9.75. The molecule has 0 aromatic carbocycles. The number of aliphatic carboxylic acids is 1. The van der Waals surface area contributed by atoms with Crippen LogP contribution in [0.4, 0.5) is 4.79 Å². The van der Waals surface area contributed by atoms with Gasteiger partial charge in [-0.2, -0.15) is 0 Å². The number of hydrogen-bond donors (Lipinski definition) is 2. The number of carbonyl (C=O) groups is 2. The largest absolute Gasteiger partial charge is 0.481 e. The minimum absolute atomic E-state index is 0.0700. The van der Waals surface area contributed by atoms with Crippen LogP contribution in [0.25, 0.3) is 0 Å². The summed E-state index contributed by atoms with van der Waals surface area (Å²) in [7, 11) is 4.12. The second-order valence-electron chi connectivity index (χ2n) is 7.02. The number of carboxylic acids is 1. The summed E-state index contributed by atoms with van der Waals surface area (Å²) in [5, 5.41) is 12.3. The molecule has 3 rings (SSSR count). The highest BCUT2D eigenvalue weighted by Gasteiger charge is 2.51. The Morgan fingerprint density at radius 2 is 2.05 bits per heavy atom. The number of rotatable bonds is 4. The van der Waals surface area contributed by atoms with Crippen molar-refractivity contribution in [3.63, 3.8) is 0 Å². The minimum atomic E-state index is -0.760. The minimum Gasteiger partial charge on any atom is -0.481 e. The first-order chi connectivity index (χ1) is 9.94. The zero-order valence-corrected chi connectivity index (χ0v) is 12.8. The number of fused-ring (bicyclic) bond motifs is 2. The van der Waals surface area contributed by atoms with Gasteiger partial charge in [-0.05, 0) is 52.6 Å². The van der Waals surface area contributed by atoms with Crippen LogP contribution in [-0.4, -0.2) is 65.2 Å². The second kappa shape index (κ2) is 5.16. The van der Waals surface area contributed by atoms with Crippen molar-refractivity contribution in [1.29, 1.82) is 0 Å². The van der Waals surface area contributed by atoms with Crippen molar-refractivity contribution < 1.29 is 14.7 Å². The van der Waals surface area contributed by atoms with Crippen molar-refractivity contribution in [2.24, 2.45) is 5.92 Å². The first-order valence-corrected chi connectivity index (χ1v) is 7.91. The van der Waals surface area contributed by atoms with E-state index in [4.69, 9.17) is 0 Å². The molecule has 2 amide bonds. The Kier molecular flexibility index (Phi) is 3.59. The van der Waals surface area contributed by atoms with E-state index >= 15 is 0 Å². The molecule has 6 nitrogen and oxygen atoms in total. The van der Waals surface area contributed by atoms with Crippen molar-refractivity contribution in [3.8, 4) is 0 Å². The van der Waals surface area contributed by atoms with E-state index in [-0.39, 0.29) is 29.6 Å². The van der Waals surface area contributed by atoms with Gasteiger partial charge in [0.25, 0.3) is 0 Å². The highest BCUT2D eigenvalue weighted by atomic mass is 16.4. The maximum absolute atomic E-state index is 12.5. The predicted octanol–water partition coefficient (Wildman–Crippen LogP) is 1.12. The fourth-order valence-electron chi connectivity index (χ4n) is 4.27. The molecule has 0 spiro atoms. The Morgan fingerprint density at radius 1 is 1.33 bits per heavy atom. The van der Waals surface area contributed by atoms with Crippen molar-refractivity contribution >= 4 is 12.0 Å². The third kappa shape index (κ3) is 2.29. The number of nitrogens with zero attached hydrogens (tertiary/aromatic N) is 2. The van der Waals surface area contributed by atoms with Crippen LogP contribution in [0.5, 0.6) is 0 Å². The molecule has 2 bridgehead atoms. The van der Waals surface area contributed by atoms with E-state index in [1.165, 1.54) is 6.42 Å². The number of amides is 2. The van der Waals surface area contributed by atoms with Crippen LogP contribution in [0.1, 0.15) is 38.5 Å². The van der Waals surface area contributed by atoms with E-state index < -0.39 is 5.97 Å².